The molecule has 1 aliphatic rings. The lowest BCUT2D eigenvalue weighted by Gasteiger charge is -2.14. The van der Waals surface area contributed by atoms with Crippen LogP contribution in [-0.4, -0.2) is 24.3 Å². The number of carboxylic acid groups (broad SMARTS) is 1. The Morgan fingerprint density at radius 1 is 1.50 bits per heavy atom. The topological polar surface area (TPSA) is 46.5 Å². The fraction of sp³-hybridized carbons (Fsp3) is 0.909. The lowest BCUT2D eigenvalue weighted by Crippen LogP contribution is -2.22. The summed E-state index contributed by atoms with van der Waals surface area (Å²) in [5.41, 5.74) is 0. The second-order valence-corrected chi connectivity index (χ2v) is 4.65. The molecule has 0 aromatic heterocycles. The molecule has 1 aliphatic carbocycles. The molecule has 82 valence electrons. The van der Waals surface area contributed by atoms with Gasteiger partial charge in [-0.2, -0.15) is 0 Å². The van der Waals surface area contributed by atoms with Crippen molar-refractivity contribution in [2.75, 3.05) is 13.2 Å². The van der Waals surface area contributed by atoms with E-state index in [0.717, 1.165) is 6.61 Å². The van der Waals surface area contributed by atoms with E-state index >= 15 is 0 Å². The third-order valence-electron chi connectivity index (χ3n) is 2.47. The van der Waals surface area contributed by atoms with Gasteiger partial charge in [-0.3, -0.25) is 4.79 Å². The second kappa shape index (κ2) is 5.35. The molecule has 1 fully saturated rings. The standard InChI is InChI=1S/C11H20O3/c1-8(2)5-10(11(12)13)7-14-6-9-3-4-9/h8-10H,3-7H2,1-2H3,(H,12,13). The van der Waals surface area contributed by atoms with E-state index in [0.29, 0.717) is 24.9 Å². The fourth-order valence-corrected chi connectivity index (χ4v) is 1.47. The zero-order valence-electron chi connectivity index (χ0n) is 9.03. The molecule has 1 unspecified atom stereocenters. The summed E-state index contributed by atoms with van der Waals surface area (Å²) in [5.74, 6) is 0.0763. The van der Waals surface area contributed by atoms with E-state index < -0.39 is 5.97 Å². The lowest BCUT2D eigenvalue weighted by molar-refractivity contribution is -0.144. The van der Waals surface area contributed by atoms with Gasteiger partial charge in [0, 0.05) is 6.61 Å². The Labute approximate surface area is 85.5 Å². The summed E-state index contributed by atoms with van der Waals surface area (Å²) < 4.78 is 5.40. The number of carboxylic acids is 1. The van der Waals surface area contributed by atoms with E-state index in [1.807, 2.05) is 13.8 Å². The van der Waals surface area contributed by atoms with Gasteiger partial charge in [0.25, 0.3) is 0 Å². The van der Waals surface area contributed by atoms with Crippen molar-refractivity contribution in [1.82, 2.24) is 0 Å². The van der Waals surface area contributed by atoms with Gasteiger partial charge in [0.1, 0.15) is 0 Å². The van der Waals surface area contributed by atoms with Crippen molar-refractivity contribution in [3.05, 3.63) is 0 Å². The summed E-state index contributed by atoms with van der Waals surface area (Å²) in [6.07, 6.45) is 3.21. The second-order valence-electron chi connectivity index (χ2n) is 4.65. The van der Waals surface area contributed by atoms with E-state index in [-0.39, 0.29) is 5.92 Å². The van der Waals surface area contributed by atoms with Crippen molar-refractivity contribution in [3.8, 4) is 0 Å². The maximum Gasteiger partial charge on any atom is 0.308 e. The molecule has 0 aromatic carbocycles. The average Bonchev–Trinajstić information content (AvgIpc) is 2.85. The van der Waals surface area contributed by atoms with Gasteiger partial charge in [-0.25, -0.2) is 0 Å². The van der Waals surface area contributed by atoms with Crippen molar-refractivity contribution in [3.63, 3.8) is 0 Å². The molecule has 3 nitrogen and oxygen atoms in total. The van der Waals surface area contributed by atoms with Crippen LogP contribution in [0.3, 0.4) is 0 Å². The largest absolute Gasteiger partial charge is 0.481 e. The number of hydrogen-bond acceptors (Lipinski definition) is 2. The number of carbonyl (C=O) groups is 1. The van der Waals surface area contributed by atoms with E-state index in [4.69, 9.17) is 9.84 Å². The molecule has 0 bridgehead atoms. The molecule has 0 aromatic rings. The third-order valence-corrected chi connectivity index (χ3v) is 2.47. The highest BCUT2D eigenvalue weighted by molar-refractivity contribution is 5.70. The summed E-state index contributed by atoms with van der Waals surface area (Å²) in [6, 6.07) is 0. The van der Waals surface area contributed by atoms with Crippen molar-refractivity contribution < 1.29 is 14.6 Å². The highest BCUT2D eigenvalue weighted by Crippen LogP contribution is 2.29. The van der Waals surface area contributed by atoms with Crippen LogP contribution in [0.1, 0.15) is 33.1 Å². The van der Waals surface area contributed by atoms with Crippen LogP contribution in [0.25, 0.3) is 0 Å². The first-order chi connectivity index (χ1) is 6.59. The maximum absolute atomic E-state index is 10.8. The zero-order chi connectivity index (χ0) is 10.6. The molecule has 14 heavy (non-hydrogen) atoms. The smallest absolute Gasteiger partial charge is 0.308 e. The normalized spacial score (nSPS) is 18.5. The van der Waals surface area contributed by atoms with Gasteiger partial charge in [0.2, 0.25) is 0 Å². The van der Waals surface area contributed by atoms with Crippen LogP contribution in [0.15, 0.2) is 0 Å². The van der Waals surface area contributed by atoms with Crippen LogP contribution < -0.4 is 0 Å². The molecule has 1 N–H and O–H groups in total. The van der Waals surface area contributed by atoms with Crippen LogP contribution in [0.5, 0.6) is 0 Å². The molecular weight excluding hydrogens is 180 g/mol. The van der Waals surface area contributed by atoms with E-state index in [9.17, 15) is 4.79 Å². The predicted octanol–water partition coefficient (Wildman–Crippen LogP) is 2.16. The summed E-state index contributed by atoms with van der Waals surface area (Å²) in [4.78, 5) is 10.8. The zero-order valence-corrected chi connectivity index (χ0v) is 9.03. The Balaban J connectivity index is 2.16. The van der Waals surface area contributed by atoms with Crippen LogP contribution in [0, 0.1) is 17.8 Å². The fourth-order valence-electron chi connectivity index (χ4n) is 1.47. The van der Waals surface area contributed by atoms with E-state index in [2.05, 4.69) is 0 Å². The minimum Gasteiger partial charge on any atom is -0.481 e. The summed E-state index contributed by atoms with van der Waals surface area (Å²) >= 11 is 0. The molecule has 0 aliphatic heterocycles. The maximum atomic E-state index is 10.8. The molecule has 1 atom stereocenters. The van der Waals surface area contributed by atoms with Crippen LogP contribution in [0.2, 0.25) is 0 Å². The Morgan fingerprint density at radius 3 is 2.57 bits per heavy atom. The van der Waals surface area contributed by atoms with Gasteiger partial charge in [0.15, 0.2) is 0 Å². The van der Waals surface area contributed by atoms with Gasteiger partial charge in [-0.1, -0.05) is 13.8 Å². The number of ether oxygens (including phenoxy) is 1. The first kappa shape index (κ1) is 11.5. The predicted molar refractivity (Wildman–Crippen MR) is 54.1 cm³/mol. The van der Waals surface area contributed by atoms with Crippen molar-refractivity contribution >= 4 is 5.97 Å². The van der Waals surface area contributed by atoms with Gasteiger partial charge in [-0.05, 0) is 31.1 Å². The Morgan fingerprint density at radius 2 is 2.14 bits per heavy atom. The third kappa shape index (κ3) is 4.61. The van der Waals surface area contributed by atoms with Crippen molar-refractivity contribution in [2.24, 2.45) is 17.8 Å². The molecular formula is C11H20O3. The van der Waals surface area contributed by atoms with Gasteiger partial charge < -0.3 is 9.84 Å². The number of rotatable bonds is 7. The number of hydrogen-bond donors (Lipinski definition) is 1. The lowest BCUT2D eigenvalue weighted by atomic mass is 9.98. The minimum absolute atomic E-state index is 0.325. The number of aliphatic carboxylic acids is 1. The molecule has 0 amide bonds. The first-order valence-electron chi connectivity index (χ1n) is 5.40. The van der Waals surface area contributed by atoms with Gasteiger partial charge in [-0.15, -0.1) is 0 Å². The quantitative estimate of drug-likeness (QED) is 0.685. The summed E-state index contributed by atoms with van der Waals surface area (Å²) in [5, 5.41) is 8.92. The molecule has 0 heterocycles. The van der Waals surface area contributed by atoms with Gasteiger partial charge >= 0.3 is 5.97 Å². The average molecular weight is 200 g/mol. The Hall–Kier alpha value is -0.570. The molecule has 3 heteroatoms. The first-order valence-corrected chi connectivity index (χ1v) is 5.40. The molecule has 0 radical (unpaired) electrons. The summed E-state index contributed by atoms with van der Waals surface area (Å²) in [7, 11) is 0. The van der Waals surface area contributed by atoms with E-state index in [1.54, 1.807) is 0 Å². The SMILES string of the molecule is CC(C)CC(COCC1CC1)C(=O)O. The Kier molecular flexibility index (Phi) is 4.39. The molecule has 1 rings (SSSR count). The monoisotopic (exact) mass is 200 g/mol. The highest BCUT2D eigenvalue weighted by Gasteiger charge is 2.23. The molecule has 1 saturated carbocycles. The minimum atomic E-state index is -0.727. The van der Waals surface area contributed by atoms with Crippen LogP contribution in [-0.2, 0) is 9.53 Å². The van der Waals surface area contributed by atoms with E-state index in [1.165, 1.54) is 12.8 Å². The van der Waals surface area contributed by atoms with Crippen LogP contribution >= 0.6 is 0 Å². The molecule has 0 spiro atoms. The van der Waals surface area contributed by atoms with Gasteiger partial charge in [0.05, 0.1) is 12.5 Å². The van der Waals surface area contributed by atoms with Crippen LogP contribution in [0.4, 0.5) is 0 Å². The Bertz CT molecular complexity index is 185. The molecule has 0 saturated heterocycles. The summed E-state index contributed by atoms with van der Waals surface area (Å²) in [6.45, 7) is 5.21. The van der Waals surface area contributed by atoms with Crippen molar-refractivity contribution in [1.29, 1.82) is 0 Å². The highest BCUT2D eigenvalue weighted by atomic mass is 16.5. The van der Waals surface area contributed by atoms with Crippen molar-refractivity contribution in [2.45, 2.75) is 33.1 Å².